The Kier molecular flexibility index (Phi) is 3.90. The Bertz CT molecular complexity index is 319. The first-order chi connectivity index (χ1) is 7.74. The van der Waals surface area contributed by atoms with Crippen molar-refractivity contribution in [2.24, 2.45) is 5.73 Å². The van der Waals surface area contributed by atoms with Crippen molar-refractivity contribution in [1.29, 1.82) is 0 Å². The van der Waals surface area contributed by atoms with Crippen LogP contribution in [0.5, 0.6) is 0 Å². The van der Waals surface area contributed by atoms with Gasteiger partial charge < -0.3 is 15.0 Å². The molecular weight excluding hydrogens is 206 g/mol. The SMILES string of the molecule is CC(N)Cc1nc(CC2CCCCO2)no1. The van der Waals surface area contributed by atoms with E-state index in [1.807, 2.05) is 6.92 Å². The molecule has 1 aliphatic heterocycles. The van der Waals surface area contributed by atoms with Gasteiger partial charge in [0.15, 0.2) is 5.82 Å². The maximum atomic E-state index is 5.67. The fourth-order valence-electron chi connectivity index (χ4n) is 1.90. The lowest BCUT2D eigenvalue weighted by atomic mass is 10.1. The van der Waals surface area contributed by atoms with Gasteiger partial charge in [-0.3, -0.25) is 0 Å². The van der Waals surface area contributed by atoms with Gasteiger partial charge in [0.2, 0.25) is 5.89 Å². The molecule has 2 rings (SSSR count). The monoisotopic (exact) mass is 225 g/mol. The number of aromatic nitrogens is 2. The van der Waals surface area contributed by atoms with Crippen LogP contribution in [0.1, 0.15) is 37.9 Å². The predicted octanol–water partition coefficient (Wildman–Crippen LogP) is 1.07. The Hall–Kier alpha value is -0.940. The molecule has 2 heterocycles. The van der Waals surface area contributed by atoms with Crippen LogP contribution in [0.4, 0.5) is 0 Å². The highest BCUT2D eigenvalue weighted by atomic mass is 16.5. The second kappa shape index (κ2) is 5.41. The van der Waals surface area contributed by atoms with Gasteiger partial charge in [0.25, 0.3) is 0 Å². The van der Waals surface area contributed by atoms with Gasteiger partial charge in [0.05, 0.1) is 6.10 Å². The molecule has 2 N–H and O–H groups in total. The van der Waals surface area contributed by atoms with Crippen LogP contribution in [0.2, 0.25) is 0 Å². The van der Waals surface area contributed by atoms with Gasteiger partial charge in [0, 0.05) is 25.5 Å². The number of rotatable bonds is 4. The average Bonchev–Trinajstić information content (AvgIpc) is 2.66. The van der Waals surface area contributed by atoms with Gasteiger partial charge >= 0.3 is 0 Å². The summed E-state index contributed by atoms with van der Waals surface area (Å²) in [6.07, 6.45) is 5.14. The maximum Gasteiger partial charge on any atom is 0.228 e. The third-order valence-corrected chi connectivity index (χ3v) is 2.69. The second-order valence-electron chi connectivity index (χ2n) is 4.48. The van der Waals surface area contributed by atoms with Gasteiger partial charge in [-0.1, -0.05) is 5.16 Å². The molecule has 0 spiro atoms. The lowest BCUT2D eigenvalue weighted by molar-refractivity contribution is 0.0153. The molecule has 1 fully saturated rings. The zero-order valence-corrected chi connectivity index (χ0v) is 9.69. The van der Waals surface area contributed by atoms with Crippen LogP contribution in [0.25, 0.3) is 0 Å². The fourth-order valence-corrected chi connectivity index (χ4v) is 1.90. The summed E-state index contributed by atoms with van der Waals surface area (Å²) in [5.74, 6) is 1.36. The number of ether oxygens (including phenoxy) is 1. The first-order valence-corrected chi connectivity index (χ1v) is 5.92. The van der Waals surface area contributed by atoms with E-state index in [4.69, 9.17) is 15.0 Å². The van der Waals surface area contributed by atoms with E-state index in [-0.39, 0.29) is 12.1 Å². The molecule has 1 saturated heterocycles. The van der Waals surface area contributed by atoms with Crippen molar-refractivity contribution in [2.75, 3.05) is 6.61 Å². The molecule has 0 aromatic carbocycles. The van der Waals surface area contributed by atoms with Crippen LogP contribution >= 0.6 is 0 Å². The average molecular weight is 225 g/mol. The Labute approximate surface area is 95.3 Å². The summed E-state index contributed by atoms with van der Waals surface area (Å²) in [5, 5.41) is 3.94. The van der Waals surface area contributed by atoms with E-state index in [1.54, 1.807) is 0 Å². The smallest absolute Gasteiger partial charge is 0.228 e. The molecule has 5 heteroatoms. The minimum absolute atomic E-state index is 0.0548. The minimum Gasteiger partial charge on any atom is -0.378 e. The molecule has 5 nitrogen and oxygen atoms in total. The van der Waals surface area contributed by atoms with Gasteiger partial charge in [0.1, 0.15) is 0 Å². The Morgan fingerprint density at radius 1 is 1.50 bits per heavy atom. The van der Waals surface area contributed by atoms with Crippen LogP contribution in [-0.4, -0.2) is 28.9 Å². The highest BCUT2D eigenvalue weighted by Gasteiger charge is 2.17. The van der Waals surface area contributed by atoms with E-state index in [0.717, 1.165) is 25.3 Å². The highest BCUT2D eigenvalue weighted by Crippen LogP contribution is 2.16. The van der Waals surface area contributed by atoms with Gasteiger partial charge in [-0.05, 0) is 26.2 Å². The third-order valence-electron chi connectivity index (χ3n) is 2.69. The van der Waals surface area contributed by atoms with Crippen molar-refractivity contribution in [3.05, 3.63) is 11.7 Å². The van der Waals surface area contributed by atoms with Crippen molar-refractivity contribution >= 4 is 0 Å². The summed E-state index contributed by atoms with van der Waals surface area (Å²) in [6.45, 7) is 2.78. The summed E-state index contributed by atoms with van der Waals surface area (Å²) in [6, 6.07) is 0.0548. The summed E-state index contributed by atoms with van der Waals surface area (Å²) in [5.41, 5.74) is 5.67. The first-order valence-electron chi connectivity index (χ1n) is 5.92. The van der Waals surface area contributed by atoms with Crippen molar-refractivity contribution in [2.45, 2.75) is 51.2 Å². The molecule has 0 amide bonds. The highest BCUT2D eigenvalue weighted by molar-refractivity contribution is 4.90. The number of hydrogen-bond donors (Lipinski definition) is 1. The fraction of sp³-hybridized carbons (Fsp3) is 0.818. The summed E-state index contributed by atoms with van der Waals surface area (Å²) in [7, 11) is 0. The molecule has 1 aromatic heterocycles. The molecular formula is C11H19N3O2. The van der Waals surface area contributed by atoms with Crippen molar-refractivity contribution in [3.63, 3.8) is 0 Å². The standard InChI is InChI=1S/C11H19N3O2/c1-8(12)6-11-13-10(14-16-11)7-9-4-2-3-5-15-9/h8-9H,2-7,12H2,1H3. The summed E-state index contributed by atoms with van der Waals surface area (Å²) in [4.78, 5) is 4.31. The molecule has 90 valence electrons. The molecule has 1 aromatic rings. The minimum atomic E-state index is 0.0548. The Morgan fingerprint density at radius 3 is 3.06 bits per heavy atom. The van der Waals surface area contributed by atoms with Crippen molar-refractivity contribution in [3.8, 4) is 0 Å². The van der Waals surface area contributed by atoms with Crippen LogP contribution < -0.4 is 5.73 Å². The quantitative estimate of drug-likeness (QED) is 0.829. The van der Waals surface area contributed by atoms with E-state index >= 15 is 0 Å². The first kappa shape index (κ1) is 11.5. The number of nitrogens with zero attached hydrogens (tertiary/aromatic N) is 2. The summed E-state index contributed by atoms with van der Waals surface area (Å²) >= 11 is 0. The molecule has 0 aliphatic carbocycles. The van der Waals surface area contributed by atoms with Gasteiger partial charge in [-0.2, -0.15) is 4.98 Å². The maximum absolute atomic E-state index is 5.67. The van der Waals surface area contributed by atoms with Crippen LogP contribution in [0.15, 0.2) is 4.52 Å². The second-order valence-corrected chi connectivity index (χ2v) is 4.48. The third kappa shape index (κ3) is 3.28. The van der Waals surface area contributed by atoms with Crippen molar-refractivity contribution < 1.29 is 9.26 Å². The molecule has 2 unspecified atom stereocenters. The molecule has 2 atom stereocenters. The van der Waals surface area contributed by atoms with Crippen LogP contribution in [0, 0.1) is 0 Å². The molecule has 0 radical (unpaired) electrons. The molecule has 1 aliphatic rings. The Morgan fingerprint density at radius 2 is 2.38 bits per heavy atom. The summed E-state index contributed by atoms with van der Waals surface area (Å²) < 4.78 is 10.7. The topological polar surface area (TPSA) is 74.2 Å². The van der Waals surface area contributed by atoms with E-state index in [9.17, 15) is 0 Å². The Balaban J connectivity index is 1.86. The largest absolute Gasteiger partial charge is 0.378 e. The molecule has 0 saturated carbocycles. The lowest BCUT2D eigenvalue weighted by Crippen LogP contribution is -2.22. The number of hydrogen-bond acceptors (Lipinski definition) is 5. The normalized spacial score (nSPS) is 23.2. The van der Waals surface area contributed by atoms with E-state index in [2.05, 4.69) is 10.1 Å². The van der Waals surface area contributed by atoms with Crippen molar-refractivity contribution in [1.82, 2.24) is 10.1 Å². The zero-order chi connectivity index (χ0) is 11.4. The van der Waals surface area contributed by atoms with E-state index in [1.165, 1.54) is 12.8 Å². The predicted molar refractivity (Wildman–Crippen MR) is 58.9 cm³/mol. The van der Waals surface area contributed by atoms with Gasteiger partial charge in [-0.15, -0.1) is 0 Å². The lowest BCUT2D eigenvalue weighted by Gasteiger charge is -2.20. The van der Waals surface area contributed by atoms with Gasteiger partial charge in [-0.25, -0.2) is 0 Å². The van der Waals surface area contributed by atoms with Crippen LogP contribution in [-0.2, 0) is 17.6 Å². The zero-order valence-electron chi connectivity index (χ0n) is 9.69. The molecule has 16 heavy (non-hydrogen) atoms. The number of nitrogens with two attached hydrogens (primary N) is 1. The van der Waals surface area contributed by atoms with E-state index < -0.39 is 0 Å². The van der Waals surface area contributed by atoms with Crippen LogP contribution in [0.3, 0.4) is 0 Å². The molecule has 0 bridgehead atoms. The van der Waals surface area contributed by atoms with E-state index in [0.29, 0.717) is 12.3 Å².